The van der Waals surface area contributed by atoms with Gasteiger partial charge >= 0.3 is 0 Å². The van der Waals surface area contributed by atoms with Crippen LogP contribution in [-0.4, -0.2) is 63.2 Å². The highest BCUT2D eigenvalue weighted by Gasteiger charge is 2.33. The third-order valence-corrected chi connectivity index (χ3v) is 6.25. The van der Waals surface area contributed by atoms with E-state index >= 15 is 0 Å². The first-order valence-electron chi connectivity index (χ1n) is 11.1. The van der Waals surface area contributed by atoms with Crippen LogP contribution in [0.3, 0.4) is 0 Å². The summed E-state index contributed by atoms with van der Waals surface area (Å²) in [4.78, 5) is 18.3. The van der Waals surface area contributed by atoms with Gasteiger partial charge < -0.3 is 10.0 Å². The fourth-order valence-corrected chi connectivity index (χ4v) is 4.24. The average molecular weight is 447 g/mol. The predicted molar refractivity (Wildman–Crippen MR) is 122 cm³/mol. The molecule has 0 atom stereocenters. The first-order valence-corrected chi connectivity index (χ1v) is 11.1. The van der Waals surface area contributed by atoms with Gasteiger partial charge in [0.2, 0.25) is 0 Å². The van der Waals surface area contributed by atoms with Crippen molar-refractivity contribution in [2.75, 3.05) is 13.1 Å². The van der Waals surface area contributed by atoms with Crippen LogP contribution in [0.5, 0.6) is 0 Å². The minimum Gasteiger partial charge on any atom is -0.503 e. The van der Waals surface area contributed by atoms with Crippen molar-refractivity contribution in [3.63, 3.8) is 0 Å². The maximum atomic E-state index is 11.8. The van der Waals surface area contributed by atoms with Crippen molar-refractivity contribution < 1.29 is 9.90 Å². The summed E-state index contributed by atoms with van der Waals surface area (Å²) < 4.78 is 5.67. The Morgan fingerprint density at radius 2 is 1.88 bits per heavy atom. The zero-order valence-electron chi connectivity index (χ0n) is 18.7. The summed E-state index contributed by atoms with van der Waals surface area (Å²) in [5.74, 6) is -0.880. The Morgan fingerprint density at radius 3 is 2.61 bits per heavy atom. The largest absolute Gasteiger partial charge is 0.503 e. The highest BCUT2D eigenvalue weighted by atomic mass is 16.3. The molecule has 1 fully saturated rings. The van der Waals surface area contributed by atoms with Gasteiger partial charge in [0.25, 0.3) is 5.91 Å². The first-order chi connectivity index (χ1) is 16.0. The number of aromatic nitrogens is 7. The third kappa shape index (κ3) is 3.67. The van der Waals surface area contributed by atoms with Gasteiger partial charge in [0.1, 0.15) is 0 Å². The molecule has 1 aliphatic rings. The van der Waals surface area contributed by atoms with E-state index in [0.717, 1.165) is 40.9 Å². The number of aliphatic hydroxyl groups excluding tert-OH is 1. The summed E-state index contributed by atoms with van der Waals surface area (Å²) in [7, 11) is 0. The molecule has 33 heavy (non-hydrogen) atoms. The molecule has 0 unspecified atom stereocenters. The summed E-state index contributed by atoms with van der Waals surface area (Å²) >= 11 is 0. The fourth-order valence-electron chi connectivity index (χ4n) is 4.24. The van der Waals surface area contributed by atoms with Gasteiger partial charge in [-0.05, 0) is 18.9 Å². The smallest absolute Gasteiger partial charge is 0.288 e. The second-order valence-electron chi connectivity index (χ2n) is 8.33. The summed E-state index contributed by atoms with van der Waals surface area (Å²) in [6, 6.07) is 2.35. The molecule has 5 heterocycles. The zero-order chi connectivity index (χ0) is 23.1. The molecule has 0 aliphatic carbocycles. The van der Waals surface area contributed by atoms with Gasteiger partial charge in [-0.1, -0.05) is 20.4 Å². The molecule has 0 saturated carbocycles. The Bertz CT molecular complexity index is 1320. The van der Waals surface area contributed by atoms with Crippen LogP contribution in [-0.2, 0) is 4.79 Å². The molecule has 1 saturated heterocycles. The minimum absolute atomic E-state index is 0.0493. The molecule has 0 bridgehead atoms. The number of likely N-dealkylation sites (tertiary alicyclic amines) is 1. The highest BCUT2D eigenvalue weighted by Crippen LogP contribution is 2.29. The Balaban J connectivity index is 1.44. The lowest BCUT2D eigenvalue weighted by atomic mass is 10.1. The Morgan fingerprint density at radius 1 is 1.12 bits per heavy atom. The standard InChI is InChI=1S/C23H26N8O2/c1-4-18(5-2)29-11-17(9-26-29)22-21-6-7-24-31(21)14-20(27-22)16-8-25-30(10-16)19-12-28(13-19)23(33)15(3)32/h6-11,14,18-19,32H,3-5,12-13H2,1-2H3. The predicted octanol–water partition coefficient (Wildman–Crippen LogP) is 3.27. The summed E-state index contributed by atoms with van der Waals surface area (Å²) in [6.45, 7) is 8.58. The van der Waals surface area contributed by atoms with E-state index in [9.17, 15) is 9.90 Å². The van der Waals surface area contributed by atoms with Crippen molar-refractivity contribution in [2.45, 2.75) is 38.8 Å². The van der Waals surface area contributed by atoms with Gasteiger partial charge in [0, 0.05) is 36.6 Å². The van der Waals surface area contributed by atoms with E-state index in [-0.39, 0.29) is 6.04 Å². The van der Waals surface area contributed by atoms with Crippen LogP contribution in [0, 0.1) is 0 Å². The monoisotopic (exact) mass is 446 g/mol. The third-order valence-electron chi connectivity index (χ3n) is 6.25. The maximum absolute atomic E-state index is 11.8. The Labute approximate surface area is 190 Å². The van der Waals surface area contributed by atoms with Gasteiger partial charge in [0.15, 0.2) is 5.76 Å². The fraction of sp³-hybridized carbons (Fsp3) is 0.348. The number of nitrogens with zero attached hydrogens (tertiary/aromatic N) is 8. The number of carbonyl (C=O) groups is 1. The van der Waals surface area contributed by atoms with E-state index in [1.165, 1.54) is 4.90 Å². The molecule has 170 valence electrons. The van der Waals surface area contributed by atoms with E-state index in [1.54, 1.807) is 12.4 Å². The van der Waals surface area contributed by atoms with Crippen LogP contribution < -0.4 is 0 Å². The summed E-state index contributed by atoms with van der Waals surface area (Å²) in [5.41, 5.74) is 4.28. The normalized spacial score (nSPS) is 14.2. The van der Waals surface area contributed by atoms with Crippen LogP contribution >= 0.6 is 0 Å². The van der Waals surface area contributed by atoms with Gasteiger partial charge in [0.05, 0.1) is 53.8 Å². The van der Waals surface area contributed by atoms with Crippen molar-refractivity contribution in [1.29, 1.82) is 0 Å². The second-order valence-corrected chi connectivity index (χ2v) is 8.33. The van der Waals surface area contributed by atoms with Crippen LogP contribution in [0.15, 0.2) is 55.6 Å². The molecule has 0 aromatic carbocycles. The molecule has 4 aromatic rings. The first kappa shape index (κ1) is 20.9. The molecule has 10 heteroatoms. The molecule has 1 N–H and O–H groups in total. The molecule has 1 aliphatic heterocycles. The number of fused-ring (bicyclic) bond motifs is 1. The van der Waals surface area contributed by atoms with Crippen molar-refractivity contribution in [3.8, 4) is 22.5 Å². The number of amides is 1. The Hall–Kier alpha value is -3.95. The number of hydrogen-bond donors (Lipinski definition) is 1. The lowest BCUT2D eigenvalue weighted by molar-refractivity contribution is -0.135. The van der Waals surface area contributed by atoms with Crippen LogP contribution in [0.1, 0.15) is 38.8 Å². The topological polar surface area (TPSA) is 106 Å². The SMILES string of the molecule is C=C(O)C(=O)N1CC(n2cc(-c3cn4nccc4c(-c4cnn(C(CC)CC)c4)n3)cn2)C1. The van der Waals surface area contributed by atoms with E-state index in [1.807, 2.05) is 38.5 Å². The maximum Gasteiger partial charge on any atom is 0.288 e. The van der Waals surface area contributed by atoms with E-state index < -0.39 is 11.7 Å². The molecular weight excluding hydrogens is 420 g/mol. The molecule has 1 amide bonds. The van der Waals surface area contributed by atoms with Crippen molar-refractivity contribution in [3.05, 3.63) is 55.6 Å². The quantitative estimate of drug-likeness (QED) is 0.345. The van der Waals surface area contributed by atoms with Crippen LogP contribution in [0.25, 0.3) is 28.0 Å². The van der Waals surface area contributed by atoms with Crippen LogP contribution in [0.2, 0.25) is 0 Å². The van der Waals surface area contributed by atoms with E-state index in [0.29, 0.717) is 19.1 Å². The number of rotatable bonds is 7. The van der Waals surface area contributed by atoms with Crippen LogP contribution in [0.4, 0.5) is 0 Å². The van der Waals surface area contributed by atoms with Gasteiger partial charge in [-0.15, -0.1) is 0 Å². The van der Waals surface area contributed by atoms with Gasteiger partial charge in [-0.25, -0.2) is 9.50 Å². The molecule has 5 rings (SSSR count). The van der Waals surface area contributed by atoms with E-state index in [2.05, 4.69) is 41.9 Å². The molecule has 0 radical (unpaired) electrons. The highest BCUT2D eigenvalue weighted by molar-refractivity contribution is 5.91. The van der Waals surface area contributed by atoms with E-state index in [4.69, 9.17) is 4.98 Å². The molecule has 4 aromatic heterocycles. The number of carbonyl (C=O) groups excluding carboxylic acids is 1. The number of aliphatic hydroxyl groups is 1. The molecule has 10 nitrogen and oxygen atoms in total. The average Bonchev–Trinajstić information content (AvgIpc) is 3.53. The lowest BCUT2D eigenvalue weighted by Crippen LogP contribution is -2.51. The molecule has 0 spiro atoms. The van der Waals surface area contributed by atoms with Crippen molar-refractivity contribution in [1.82, 2.24) is 39.1 Å². The van der Waals surface area contributed by atoms with Gasteiger partial charge in [-0.3, -0.25) is 14.2 Å². The van der Waals surface area contributed by atoms with Crippen molar-refractivity contribution >= 4 is 11.4 Å². The molecular formula is C23H26N8O2. The van der Waals surface area contributed by atoms with Crippen molar-refractivity contribution in [2.24, 2.45) is 0 Å². The second kappa shape index (κ2) is 8.19. The summed E-state index contributed by atoms with van der Waals surface area (Å²) in [5, 5.41) is 22.8. The lowest BCUT2D eigenvalue weighted by Gasteiger charge is -2.38. The minimum atomic E-state index is -0.442. The summed E-state index contributed by atoms with van der Waals surface area (Å²) in [6.07, 6.45) is 13.3. The van der Waals surface area contributed by atoms with Gasteiger partial charge in [-0.2, -0.15) is 15.3 Å². The zero-order valence-corrected chi connectivity index (χ0v) is 18.7. The Kier molecular flexibility index (Phi) is 5.20. The number of hydrogen-bond acceptors (Lipinski definition) is 6.